The smallest absolute Gasteiger partial charge is 0.190 e. The monoisotopic (exact) mass is 345 g/mol. The number of hydrogen-bond donors (Lipinski definition) is 0. The quantitative estimate of drug-likeness (QED) is 0.821. The van der Waals surface area contributed by atoms with Crippen molar-refractivity contribution in [3.8, 4) is 0 Å². The fourth-order valence-electron chi connectivity index (χ4n) is 4.41. The third-order valence-corrected chi connectivity index (χ3v) is 5.82. The Morgan fingerprint density at radius 1 is 1.08 bits per heavy atom. The van der Waals surface area contributed by atoms with Crippen LogP contribution in [0.25, 0.3) is 0 Å². The molecule has 0 spiro atoms. The molecule has 3 aliphatic heterocycles. The predicted octanol–water partition coefficient (Wildman–Crippen LogP) is 2.68. The molecule has 4 fully saturated rings. The van der Waals surface area contributed by atoms with Crippen molar-refractivity contribution in [3.05, 3.63) is 35.9 Å². The molecule has 1 saturated carbocycles. The fraction of sp³-hybridized carbons (Fsp3) is 0.700. The largest absolute Gasteiger partial charge is 0.368 e. The Bertz CT molecular complexity index is 617. The van der Waals surface area contributed by atoms with Crippen molar-refractivity contribution in [2.75, 3.05) is 6.54 Å². The molecule has 25 heavy (non-hydrogen) atoms. The molecular weight excluding hydrogens is 318 g/mol. The minimum absolute atomic E-state index is 0.0316. The Hall–Kier alpha value is -0.980. The molecule has 3 heterocycles. The third kappa shape index (κ3) is 3.02. The Kier molecular flexibility index (Phi) is 3.91. The molecule has 1 aliphatic carbocycles. The van der Waals surface area contributed by atoms with Gasteiger partial charge in [-0.2, -0.15) is 0 Å². The van der Waals surface area contributed by atoms with Gasteiger partial charge in [0.05, 0.1) is 6.61 Å². The minimum Gasteiger partial charge on any atom is -0.368 e. The van der Waals surface area contributed by atoms with Gasteiger partial charge in [-0.3, -0.25) is 4.90 Å². The van der Waals surface area contributed by atoms with Gasteiger partial charge in [-0.05, 0) is 38.7 Å². The van der Waals surface area contributed by atoms with E-state index in [1.54, 1.807) is 0 Å². The number of rotatable bonds is 5. The molecule has 0 amide bonds. The first-order valence-corrected chi connectivity index (χ1v) is 9.53. The highest BCUT2D eigenvalue weighted by atomic mass is 16.8. The first-order chi connectivity index (χ1) is 12.1. The molecule has 5 heteroatoms. The Morgan fingerprint density at radius 3 is 2.56 bits per heavy atom. The van der Waals surface area contributed by atoms with Crippen molar-refractivity contribution in [1.82, 2.24) is 4.90 Å². The summed E-state index contributed by atoms with van der Waals surface area (Å²) in [5.41, 5.74) is 1.18. The van der Waals surface area contributed by atoms with Gasteiger partial charge in [0.2, 0.25) is 0 Å². The van der Waals surface area contributed by atoms with Crippen LogP contribution in [0.1, 0.15) is 38.7 Å². The van der Waals surface area contributed by atoms with E-state index < -0.39 is 5.79 Å². The number of fused-ring (bicyclic) bond motifs is 1. The van der Waals surface area contributed by atoms with Gasteiger partial charge < -0.3 is 18.9 Å². The van der Waals surface area contributed by atoms with E-state index in [1.165, 1.54) is 31.4 Å². The molecule has 0 N–H and O–H groups in total. The first-order valence-electron chi connectivity index (χ1n) is 9.53. The van der Waals surface area contributed by atoms with Crippen LogP contribution in [0.3, 0.4) is 0 Å². The van der Waals surface area contributed by atoms with Crippen LogP contribution in [-0.4, -0.2) is 53.9 Å². The van der Waals surface area contributed by atoms with E-state index in [0.29, 0.717) is 12.6 Å². The van der Waals surface area contributed by atoms with Gasteiger partial charge in [-0.25, -0.2) is 0 Å². The van der Waals surface area contributed by atoms with Gasteiger partial charge >= 0.3 is 0 Å². The summed E-state index contributed by atoms with van der Waals surface area (Å²) in [6.45, 7) is 5.65. The highest BCUT2D eigenvalue weighted by Gasteiger charge is 2.59. The van der Waals surface area contributed by atoms with Crippen molar-refractivity contribution in [2.45, 2.75) is 82.2 Å². The molecule has 5 atom stereocenters. The maximum absolute atomic E-state index is 6.36. The molecule has 1 aromatic rings. The average molecular weight is 345 g/mol. The molecule has 0 unspecified atom stereocenters. The second-order valence-electron chi connectivity index (χ2n) is 8.16. The summed E-state index contributed by atoms with van der Waals surface area (Å²) in [7, 11) is 0. The summed E-state index contributed by atoms with van der Waals surface area (Å²) in [5, 5.41) is 0. The van der Waals surface area contributed by atoms with Crippen molar-refractivity contribution in [2.24, 2.45) is 0 Å². The normalized spacial score (nSPS) is 40.0. The van der Waals surface area contributed by atoms with Crippen molar-refractivity contribution < 1.29 is 18.9 Å². The molecular formula is C20H27NO4. The highest BCUT2D eigenvalue weighted by Crippen LogP contribution is 2.44. The van der Waals surface area contributed by atoms with Crippen molar-refractivity contribution in [1.29, 1.82) is 0 Å². The van der Waals surface area contributed by atoms with E-state index in [4.69, 9.17) is 18.9 Å². The van der Waals surface area contributed by atoms with E-state index in [2.05, 4.69) is 17.0 Å². The summed E-state index contributed by atoms with van der Waals surface area (Å²) in [6, 6.07) is 11.5. The second kappa shape index (κ2) is 6.03. The Morgan fingerprint density at radius 2 is 1.88 bits per heavy atom. The van der Waals surface area contributed by atoms with Gasteiger partial charge in [0, 0.05) is 18.6 Å². The number of benzene rings is 1. The van der Waals surface area contributed by atoms with E-state index in [1.807, 2.05) is 32.0 Å². The Balaban J connectivity index is 1.33. The van der Waals surface area contributed by atoms with Crippen LogP contribution in [0.4, 0.5) is 0 Å². The maximum atomic E-state index is 6.36. The van der Waals surface area contributed by atoms with Crippen molar-refractivity contribution in [3.63, 3.8) is 0 Å². The molecule has 0 radical (unpaired) electrons. The SMILES string of the molecule is CC1(C)O[C@H]2O[C@H]([C@@H]3CCN3C3CC3)[C@H](OCc3ccccc3)[C@H]2O1. The first kappa shape index (κ1) is 16.2. The van der Waals surface area contributed by atoms with Gasteiger partial charge in [0.1, 0.15) is 18.3 Å². The zero-order valence-corrected chi connectivity index (χ0v) is 15.0. The second-order valence-corrected chi connectivity index (χ2v) is 8.16. The highest BCUT2D eigenvalue weighted by molar-refractivity contribution is 5.14. The number of hydrogen-bond acceptors (Lipinski definition) is 5. The van der Waals surface area contributed by atoms with Gasteiger partial charge in [-0.15, -0.1) is 0 Å². The molecule has 3 saturated heterocycles. The Labute approximate surface area is 149 Å². The number of nitrogens with zero attached hydrogens (tertiary/aromatic N) is 1. The van der Waals surface area contributed by atoms with Crippen LogP contribution in [0.5, 0.6) is 0 Å². The lowest BCUT2D eigenvalue weighted by molar-refractivity contribution is -0.232. The van der Waals surface area contributed by atoms with E-state index in [9.17, 15) is 0 Å². The summed E-state index contributed by atoms with van der Waals surface area (Å²) in [6.07, 6.45) is 3.31. The van der Waals surface area contributed by atoms with Crippen molar-refractivity contribution >= 4 is 0 Å². The van der Waals surface area contributed by atoms with Crippen LogP contribution in [-0.2, 0) is 25.6 Å². The lowest BCUT2D eigenvalue weighted by Gasteiger charge is -2.46. The van der Waals surface area contributed by atoms with Crippen LogP contribution < -0.4 is 0 Å². The summed E-state index contributed by atoms with van der Waals surface area (Å²) >= 11 is 0. The van der Waals surface area contributed by atoms with Gasteiger partial charge in [-0.1, -0.05) is 30.3 Å². The predicted molar refractivity (Wildman–Crippen MR) is 91.9 cm³/mol. The zero-order valence-electron chi connectivity index (χ0n) is 15.0. The topological polar surface area (TPSA) is 40.2 Å². The minimum atomic E-state index is -0.607. The summed E-state index contributed by atoms with van der Waals surface area (Å²) in [5.74, 6) is -0.607. The lowest BCUT2D eigenvalue weighted by atomic mass is 9.92. The maximum Gasteiger partial charge on any atom is 0.190 e. The summed E-state index contributed by atoms with van der Waals surface area (Å²) < 4.78 is 24.8. The third-order valence-electron chi connectivity index (χ3n) is 5.82. The van der Waals surface area contributed by atoms with Gasteiger partial charge in [0.25, 0.3) is 0 Å². The van der Waals surface area contributed by atoms with Crippen LogP contribution in [0.2, 0.25) is 0 Å². The molecule has 0 aromatic heterocycles. The van der Waals surface area contributed by atoms with Crippen LogP contribution in [0.15, 0.2) is 30.3 Å². The summed E-state index contributed by atoms with van der Waals surface area (Å²) in [4.78, 5) is 2.59. The van der Waals surface area contributed by atoms with E-state index in [-0.39, 0.29) is 24.6 Å². The molecule has 1 aromatic carbocycles. The molecule has 4 aliphatic rings. The number of ether oxygens (including phenoxy) is 4. The number of likely N-dealkylation sites (tertiary alicyclic amines) is 1. The average Bonchev–Trinajstić information content (AvgIpc) is 3.25. The molecule has 0 bridgehead atoms. The van der Waals surface area contributed by atoms with Gasteiger partial charge in [0.15, 0.2) is 12.1 Å². The van der Waals surface area contributed by atoms with E-state index >= 15 is 0 Å². The molecule has 136 valence electrons. The standard InChI is InChI=1S/C20H27NO4/c1-20(2)24-18-17(22-12-13-6-4-3-5-7-13)16(23-19(18)25-20)15-10-11-21(15)14-8-9-14/h3-7,14-19H,8-12H2,1-2H3/t15-,16+,17-,18+,19+/m0/s1. The zero-order chi connectivity index (χ0) is 17.0. The molecule has 5 rings (SSSR count). The molecule has 5 nitrogen and oxygen atoms in total. The van der Waals surface area contributed by atoms with Crippen LogP contribution >= 0.6 is 0 Å². The van der Waals surface area contributed by atoms with Crippen LogP contribution in [0, 0.1) is 0 Å². The lowest BCUT2D eigenvalue weighted by Crippen LogP contribution is -2.58. The van der Waals surface area contributed by atoms with E-state index in [0.717, 1.165) is 6.04 Å². The fourth-order valence-corrected chi connectivity index (χ4v) is 4.41.